The van der Waals surface area contributed by atoms with Gasteiger partial charge in [-0.2, -0.15) is 0 Å². The molecule has 0 saturated carbocycles. The molecule has 1 aromatic carbocycles. The highest BCUT2D eigenvalue weighted by molar-refractivity contribution is 7.13. The number of rotatable bonds is 13. The van der Waals surface area contributed by atoms with E-state index in [2.05, 4.69) is 0 Å². The lowest BCUT2D eigenvalue weighted by Gasteiger charge is -2.13. The minimum Gasteiger partial charge on any atom is -0.496 e. The van der Waals surface area contributed by atoms with Gasteiger partial charge in [0.2, 0.25) is 0 Å². The van der Waals surface area contributed by atoms with Gasteiger partial charge < -0.3 is 23.7 Å². The third-order valence-electron chi connectivity index (χ3n) is 3.53. The number of hydrogen-bond donors (Lipinski definition) is 0. The third-order valence-corrected chi connectivity index (χ3v) is 4.44. The normalized spacial score (nSPS) is 10.7. The molecule has 0 unspecified atom stereocenters. The molecule has 0 amide bonds. The van der Waals surface area contributed by atoms with Gasteiger partial charge in [0.05, 0.1) is 45.7 Å². The molecule has 0 aliphatic carbocycles. The number of hydrogen-bond acceptors (Lipinski definition) is 7. The predicted molar refractivity (Wildman–Crippen MR) is 101 cm³/mol. The summed E-state index contributed by atoms with van der Waals surface area (Å²) < 4.78 is 26.8. The molecular weight excluding hydrogens is 356 g/mol. The van der Waals surface area contributed by atoms with Crippen LogP contribution in [0.2, 0.25) is 0 Å². The maximum Gasteiger partial charge on any atom is 0.153 e. The number of ether oxygens (including phenoxy) is 5. The number of methoxy groups -OCH3 is 2. The fraction of sp³-hybridized carbons (Fsp3) is 0.421. The molecule has 6 nitrogen and oxygen atoms in total. The van der Waals surface area contributed by atoms with Crippen molar-refractivity contribution in [2.45, 2.75) is 0 Å². The summed E-state index contributed by atoms with van der Waals surface area (Å²) in [4.78, 5) is 12.5. The van der Waals surface area contributed by atoms with Crippen LogP contribution in [-0.2, 0) is 14.2 Å². The molecule has 0 radical (unpaired) electrons. The van der Waals surface area contributed by atoms with Gasteiger partial charge in [0.15, 0.2) is 6.29 Å². The number of benzene rings is 1. The van der Waals surface area contributed by atoms with Crippen LogP contribution in [0.15, 0.2) is 29.6 Å². The van der Waals surface area contributed by atoms with E-state index >= 15 is 0 Å². The van der Waals surface area contributed by atoms with E-state index in [9.17, 15) is 4.79 Å². The zero-order chi connectivity index (χ0) is 18.6. The van der Waals surface area contributed by atoms with Gasteiger partial charge in [-0.3, -0.25) is 4.79 Å². The standard InChI is InChI=1S/C19H24O6S/c1-21-5-6-23-7-8-24-9-10-25-17-13-18(22-2)16(12-15(17)14-20)19-4-3-11-26-19/h3-4,11-14H,5-10H2,1-2H3. The van der Waals surface area contributed by atoms with Crippen molar-refractivity contribution >= 4 is 17.6 Å². The summed E-state index contributed by atoms with van der Waals surface area (Å²) in [6, 6.07) is 7.48. The van der Waals surface area contributed by atoms with Gasteiger partial charge in [-0.15, -0.1) is 11.3 Å². The molecule has 1 heterocycles. The van der Waals surface area contributed by atoms with Gasteiger partial charge in [-0.05, 0) is 17.5 Å². The van der Waals surface area contributed by atoms with Crippen molar-refractivity contribution < 1.29 is 28.5 Å². The molecule has 26 heavy (non-hydrogen) atoms. The molecule has 2 rings (SSSR count). The van der Waals surface area contributed by atoms with E-state index in [4.69, 9.17) is 23.7 Å². The zero-order valence-electron chi connectivity index (χ0n) is 15.1. The molecular formula is C19H24O6S. The highest BCUT2D eigenvalue weighted by Crippen LogP contribution is 2.37. The minimum absolute atomic E-state index is 0.334. The average molecular weight is 380 g/mol. The average Bonchev–Trinajstić information content (AvgIpc) is 3.20. The van der Waals surface area contributed by atoms with Crippen molar-refractivity contribution in [3.05, 3.63) is 35.2 Å². The summed E-state index contributed by atoms with van der Waals surface area (Å²) in [5.41, 5.74) is 1.36. The van der Waals surface area contributed by atoms with Gasteiger partial charge >= 0.3 is 0 Å². The van der Waals surface area contributed by atoms with Gasteiger partial charge in [0, 0.05) is 23.6 Å². The predicted octanol–water partition coefficient (Wildman–Crippen LogP) is 3.29. The summed E-state index contributed by atoms with van der Waals surface area (Å²) >= 11 is 1.59. The van der Waals surface area contributed by atoms with Crippen molar-refractivity contribution in [2.24, 2.45) is 0 Å². The monoisotopic (exact) mass is 380 g/mol. The summed E-state index contributed by atoms with van der Waals surface area (Å²) in [7, 11) is 3.23. The Morgan fingerprint density at radius 3 is 2.31 bits per heavy atom. The number of carbonyl (C=O) groups excluding carboxylic acids is 1. The zero-order valence-corrected chi connectivity index (χ0v) is 15.9. The Bertz CT molecular complexity index is 656. The lowest BCUT2D eigenvalue weighted by Crippen LogP contribution is -2.12. The SMILES string of the molecule is COCCOCCOCCOc1cc(OC)c(-c2cccs2)cc1C=O. The van der Waals surface area contributed by atoms with Crippen LogP contribution >= 0.6 is 11.3 Å². The molecule has 2 aromatic rings. The van der Waals surface area contributed by atoms with Crippen molar-refractivity contribution in [3.8, 4) is 21.9 Å². The summed E-state index contributed by atoms with van der Waals surface area (Å²) in [5, 5.41) is 1.98. The van der Waals surface area contributed by atoms with E-state index in [-0.39, 0.29) is 0 Å². The van der Waals surface area contributed by atoms with Crippen molar-refractivity contribution in [2.75, 3.05) is 53.9 Å². The Hall–Kier alpha value is -1.93. The van der Waals surface area contributed by atoms with E-state index in [0.717, 1.165) is 16.7 Å². The fourth-order valence-electron chi connectivity index (χ4n) is 2.26. The van der Waals surface area contributed by atoms with Crippen LogP contribution in [0, 0.1) is 0 Å². The van der Waals surface area contributed by atoms with Crippen LogP contribution < -0.4 is 9.47 Å². The maximum atomic E-state index is 11.4. The van der Waals surface area contributed by atoms with Crippen LogP contribution in [0.4, 0.5) is 0 Å². The molecule has 0 bridgehead atoms. The minimum atomic E-state index is 0.334. The molecule has 7 heteroatoms. The Morgan fingerprint density at radius 1 is 0.962 bits per heavy atom. The van der Waals surface area contributed by atoms with E-state index in [0.29, 0.717) is 56.7 Å². The Balaban J connectivity index is 1.86. The van der Waals surface area contributed by atoms with Crippen molar-refractivity contribution in [3.63, 3.8) is 0 Å². The highest BCUT2D eigenvalue weighted by Gasteiger charge is 2.13. The largest absolute Gasteiger partial charge is 0.496 e. The number of thiophene rings is 1. The van der Waals surface area contributed by atoms with E-state index < -0.39 is 0 Å². The fourth-order valence-corrected chi connectivity index (χ4v) is 3.01. The van der Waals surface area contributed by atoms with Crippen LogP contribution in [0.1, 0.15) is 10.4 Å². The van der Waals surface area contributed by atoms with E-state index in [1.807, 2.05) is 17.5 Å². The van der Waals surface area contributed by atoms with E-state index in [1.165, 1.54) is 0 Å². The molecule has 0 N–H and O–H groups in total. The molecule has 0 fully saturated rings. The molecule has 142 valence electrons. The van der Waals surface area contributed by atoms with E-state index in [1.54, 1.807) is 37.7 Å². The summed E-state index contributed by atoms with van der Waals surface area (Å²) in [6.07, 6.45) is 0.788. The molecule has 0 saturated heterocycles. The molecule has 0 aliphatic heterocycles. The Kier molecular flexibility index (Phi) is 9.13. The van der Waals surface area contributed by atoms with Gasteiger partial charge in [0.25, 0.3) is 0 Å². The van der Waals surface area contributed by atoms with Crippen LogP contribution in [0.3, 0.4) is 0 Å². The quantitative estimate of drug-likeness (QED) is 0.392. The van der Waals surface area contributed by atoms with Crippen LogP contribution in [0.25, 0.3) is 10.4 Å². The summed E-state index contributed by atoms with van der Waals surface area (Å²) in [6.45, 7) is 2.85. The first kappa shape index (κ1) is 20.4. The van der Waals surface area contributed by atoms with Crippen molar-refractivity contribution in [1.29, 1.82) is 0 Å². The first-order chi connectivity index (χ1) is 12.8. The van der Waals surface area contributed by atoms with Crippen LogP contribution in [-0.4, -0.2) is 60.1 Å². The summed E-state index contributed by atoms with van der Waals surface area (Å²) in [5.74, 6) is 1.15. The second kappa shape index (κ2) is 11.6. The number of carbonyl (C=O) groups is 1. The van der Waals surface area contributed by atoms with Gasteiger partial charge in [0.1, 0.15) is 18.1 Å². The molecule has 0 spiro atoms. The van der Waals surface area contributed by atoms with Crippen LogP contribution in [0.5, 0.6) is 11.5 Å². The lowest BCUT2D eigenvalue weighted by molar-refractivity contribution is 0.0179. The Morgan fingerprint density at radius 2 is 1.69 bits per heavy atom. The first-order valence-corrected chi connectivity index (χ1v) is 9.16. The second-order valence-corrected chi connectivity index (χ2v) is 6.20. The van der Waals surface area contributed by atoms with Gasteiger partial charge in [-0.1, -0.05) is 6.07 Å². The lowest BCUT2D eigenvalue weighted by atomic mass is 10.1. The number of aldehydes is 1. The molecule has 0 atom stereocenters. The third kappa shape index (κ3) is 6.10. The first-order valence-electron chi connectivity index (χ1n) is 8.28. The molecule has 0 aliphatic rings. The Labute approximate surface area is 157 Å². The van der Waals surface area contributed by atoms with Crippen molar-refractivity contribution in [1.82, 2.24) is 0 Å². The highest BCUT2D eigenvalue weighted by atomic mass is 32.1. The smallest absolute Gasteiger partial charge is 0.153 e. The maximum absolute atomic E-state index is 11.4. The van der Waals surface area contributed by atoms with Gasteiger partial charge in [-0.25, -0.2) is 0 Å². The second-order valence-electron chi connectivity index (χ2n) is 5.25. The topological polar surface area (TPSA) is 63.2 Å². The molecule has 1 aromatic heterocycles.